The summed E-state index contributed by atoms with van der Waals surface area (Å²) in [6, 6.07) is 0. The van der Waals surface area contributed by atoms with E-state index in [9.17, 15) is 0 Å². The molecule has 0 aliphatic rings. The minimum atomic E-state index is -2.62. The van der Waals surface area contributed by atoms with Crippen molar-refractivity contribution in [3.05, 3.63) is 0 Å². The van der Waals surface area contributed by atoms with Crippen molar-refractivity contribution in [2.75, 3.05) is 59.5 Å². The molecule has 0 spiro atoms. The molecule has 0 aromatic carbocycles. The van der Waals surface area contributed by atoms with Gasteiger partial charge in [-0.05, 0) is 62.3 Å². The topological polar surface area (TPSA) is 237 Å². The summed E-state index contributed by atoms with van der Waals surface area (Å²) < 4.78 is 31.4. The van der Waals surface area contributed by atoms with Gasteiger partial charge < -0.3 is 73.7 Å². The molecule has 0 aliphatic heterocycles. The average Bonchev–Trinajstić information content (AvgIpc) is 2.94. The van der Waals surface area contributed by atoms with Crippen molar-refractivity contribution < 1.29 is 73.7 Å². The fourth-order valence-corrected chi connectivity index (χ4v) is 2.11. The van der Waals surface area contributed by atoms with Crippen LogP contribution in [0.3, 0.4) is 0 Å². The van der Waals surface area contributed by atoms with E-state index in [1.54, 1.807) is 41.5 Å². The highest BCUT2D eigenvalue weighted by atomic mass is 31.2. The molecule has 0 amide bonds. The number of rotatable bonds is 21. The van der Waals surface area contributed by atoms with E-state index in [4.69, 9.17) is 73.7 Å². The molecule has 0 rings (SSSR count). The maximum atomic E-state index is 8.92. The van der Waals surface area contributed by atoms with Crippen LogP contribution in [0.4, 0.5) is 0 Å². The first-order valence-corrected chi connectivity index (χ1v) is 15.5. The third kappa shape index (κ3) is 51.7. The van der Waals surface area contributed by atoms with Crippen LogP contribution >= 0.6 is 8.60 Å². The van der Waals surface area contributed by atoms with E-state index in [0.717, 1.165) is 0 Å². The van der Waals surface area contributed by atoms with Crippen molar-refractivity contribution in [3.8, 4) is 0 Å². The standard InChI is InChI=1S/3C9H20O4.H3O3P/c3*1-7(11)5-12-9(3)6-13-8(2)4-10;1-4(2)3/h3*7-11H,4-6H2,1-3H3;1-3H. The van der Waals surface area contributed by atoms with Gasteiger partial charge in [0.25, 0.3) is 0 Å². The molecule has 0 aromatic heterocycles. The van der Waals surface area contributed by atoms with Gasteiger partial charge in [0, 0.05) is 0 Å². The van der Waals surface area contributed by atoms with Crippen molar-refractivity contribution in [3.63, 3.8) is 0 Å². The molecule has 15 nitrogen and oxygen atoms in total. The minimum Gasteiger partial charge on any atom is -0.394 e. The van der Waals surface area contributed by atoms with E-state index in [1.165, 1.54) is 0 Å². The molecule has 0 aliphatic carbocycles. The fraction of sp³-hybridized carbons (Fsp3) is 1.00. The Morgan fingerprint density at radius 3 is 0.674 bits per heavy atom. The lowest BCUT2D eigenvalue weighted by Gasteiger charge is -2.16. The number of ether oxygens (including phenoxy) is 6. The highest BCUT2D eigenvalue weighted by Gasteiger charge is 2.09. The third-order valence-corrected chi connectivity index (χ3v) is 4.48. The molecular formula is C27H63O15P. The summed E-state index contributed by atoms with van der Waals surface area (Å²) in [5.41, 5.74) is 0. The van der Waals surface area contributed by atoms with E-state index < -0.39 is 26.9 Å². The normalized spacial score (nSPS) is 17.4. The van der Waals surface area contributed by atoms with E-state index in [-0.39, 0.29) is 56.4 Å². The summed E-state index contributed by atoms with van der Waals surface area (Å²) in [6.07, 6.45) is -1.96. The van der Waals surface area contributed by atoms with Crippen molar-refractivity contribution >= 4 is 8.60 Å². The van der Waals surface area contributed by atoms with Crippen LogP contribution in [0.15, 0.2) is 0 Å². The molecule has 266 valence electrons. The van der Waals surface area contributed by atoms with Crippen molar-refractivity contribution in [2.24, 2.45) is 0 Å². The van der Waals surface area contributed by atoms with Gasteiger partial charge in [-0.1, -0.05) is 0 Å². The maximum absolute atomic E-state index is 8.92. The van der Waals surface area contributed by atoms with Crippen LogP contribution in [0.2, 0.25) is 0 Å². The first-order chi connectivity index (χ1) is 19.9. The predicted molar refractivity (Wildman–Crippen MR) is 162 cm³/mol. The minimum absolute atomic E-state index is 0.0170. The molecule has 43 heavy (non-hydrogen) atoms. The second kappa shape index (κ2) is 34.7. The van der Waals surface area contributed by atoms with Crippen LogP contribution in [-0.4, -0.2) is 160 Å². The quantitative estimate of drug-likeness (QED) is 0.0720. The zero-order valence-corrected chi connectivity index (χ0v) is 28.4. The van der Waals surface area contributed by atoms with Gasteiger partial charge >= 0.3 is 8.60 Å². The predicted octanol–water partition coefficient (Wildman–Crippen LogP) is -0.301. The van der Waals surface area contributed by atoms with Gasteiger partial charge in [-0.3, -0.25) is 0 Å². The first-order valence-electron chi connectivity index (χ1n) is 14.3. The van der Waals surface area contributed by atoms with Crippen LogP contribution in [0.1, 0.15) is 62.3 Å². The van der Waals surface area contributed by atoms with Crippen LogP contribution in [0.5, 0.6) is 0 Å². The van der Waals surface area contributed by atoms with E-state index in [2.05, 4.69) is 0 Å². The van der Waals surface area contributed by atoms with Crippen LogP contribution in [-0.2, 0) is 28.4 Å². The Labute approximate surface area is 259 Å². The second-order valence-corrected chi connectivity index (χ2v) is 10.8. The van der Waals surface area contributed by atoms with Crippen LogP contribution < -0.4 is 0 Å². The molecule has 0 saturated heterocycles. The average molecular weight is 659 g/mol. The van der Waals surface area contributed by atoms with E-state index in [0.29, 0.717) is 39.6 Å². The first kappa shape index (κ1) is 49.7. The van der Waals surface area contributed by atoms with Gasteiger partial charge in [-0.2, -0.15) is 0 Å². The zero-order chi connectivity index (χ0) is 34.4. The van der Waals surface area contributed by atoms with Gasteiger partial charge in [0.15, 0.2) is 0 Å². The Morgan fingerprint density at radius 2 is 0.535 bits per heavy atom. The zero-order valence-electron chi connectivity index (χ0n) is 27.5. The monoisotopic (exact) mass is 658 g/mol. The lowest BCUT2D eigenvalue weighted by Crippen LogP contribution is -2.24. The molecule has 0 fully saturated rings. The molecule has 9 atom stereocenters. The summed E-state index contributed by atoms with van der Waals surface area (Å²) in [4.78, 5) is 21.7. The summed E-state index contributed by atoms with van der Waals surface area (Å²) in [5, 5.41) is 52.7. The van der Waals surface area contributed by atoms with Crippen molar-refractivity contribution in [1.82, 2.24) is 0 Å². The maximum Gasteiger partial charge on any atom is 0.324 e. The number of aliphatic hydroxyl groups excluding tert-OH is 6. The van der Waals surface area contributed by atoms with Crippen LogP contribution in [0.25, 0.3) is 0 Å². The lowest BCUT2D eigenvalue weighted by molar-refractivity contribution is -0.0620. The van der Waals surface area contributed by atoms with Gasteiger partial charge in [0.05, 0.1) is 114 Å². The second-order valence-electron chi connectivity index (χ2n) is 10.2. The Morgan fingerprint density at radius 1 is 0.372 bits per heavy atom. The summed E-state index contributed by atoms with van der Waals surface area (Å²) in [5.74, 6) is 0. The van der Waals surface area contributed by atoms with E-state index >= 15 is 0 Å². The van der Waals surface area contributed by atoms with Crippen molar-refractivity contribution in [2.45, 2.75) is 117 Å². The number of hydrogen-bond donors (Lipinski definition) is 9. The molecular weight excluding hydrogens is 595 g/mol. The highest BCUT2D eigenvalue weighted by molar-refractivity contribution is 7.38. The van der Waals surface area contributed by atoms with Crippen molar-refractivity contribution in [1.29, 1.82) is 0 Å². The summed E-state index contributed by atoms with van der Waals surface area (Å²) in [6.45, 7) is 18.3. The molecule has 9 N–H and O–H groups in total. The summed E-state index contributed by atoms with van der Waals surface area (Å²) >= 11 is 0. The fourth-order valence-electron chi connectivity index (χ4n) is 2.11. The smallest absolute Gasteiger partial charge is 0.324 e. The Hall–Kier alpha value is -0.170. The Kier molecular flexibility index (Phi) is 40.1. The molecule has 0 bridgehead atoms. The largest absolute Gasteiger partial charge is 0.394 e. The molecule has 0 saturated carbocycles. The Bertz CT molecular complexity index is 463. The molecule has 0 radical (unpaired) electrons. The third-order valence-electron chi connectivity index (χ3n) is 4.48. The molecule has 0 heterocycles. The highest BCUT2D eigenvalue weighted by Crippen LogP contribution is 2.11. The van der Waals surface area contributed by atoms with Gasteiger partial charge in [-0.15, -0.1) is 0 Å². The van der Waals surface area contributed by atoms with Gasteiger partial charge in [0.1, 0.15) is 0 Å². The lowest BCUT2D eigenvalue weighted by atomic mass is 10.4. The van der Waals surface area contributed by atoms with Gasteiger partial charge in [-0.25, -0.2) is 0 Å². The Balaban J connectivity index is -0.000000249. The number of hydrogen-bond acceptors (Lipinski definition) is 15. The molecule has 0 aromatic rings. The van der Waals surface area contributed by atoms with E-state index in [1.807, 2.05) is 20.8 Å². The molecule has 16 heteroatoms. The molecule has 9 unspecified atom stereocenters. The van der Waals surface area contributed by atoms with Crippen LogP contribution in [0, 0.1) is 0 Å². The van der Waals surface area contributed by atoms with Gasteiger partial charge in [0.2, 0.25) is 0 Å². The number of aliphatic hydroxyl groups is 6. The SMILES string of the molecule is CC(O)COC(C)COC(C)CO.CC(O)COC(C)COC(C)CO.CC(O)COC(C)COC(C)CO.OP(O)O. The summed E-state index contributed by atoms with van der Waals surface area (Å²) in [7, 11) is -2.62.